The Morgan fingerprint density at radius 1 is 1.20 bits per heavy atom. The lowest BCUT2D eigenvalue weighted by atomic mass is 9.98. The van der Waals surface area contributed by atoms with Crippen LogP contribution in [0, 0.1) is 0 Å². The van der Waals surface area contributed by atoms with Crippen LogP contribution in [0.3, 0.4) is 0 Å². The van der Waals surface area contributed by atoms with Gasteiger partial charge in [0.05, 0.1) is 18.2 Å². The zero-order valence-corrected chi connectivity index (χ0v) is 16.6. The molecule has 0 saturated carbocycles. The van der Waals surface area contributed by atoms with Crippen LogP contribution in [0.25, 0.3) is 5.65 Å². The number of fused-ring (bicyclic) bond motifs is 1. The summed E-state index contributed by atoms with van der Waals surface area (Å²) < 4.78 is 41.6. The summed E-state index contributed by atoms with van der Waals surface area (Å²) >= 11 is 0. The summed E-state index contributed by atoms with van der Waals surface area (Å²) in [4.78, 5) is 23.2. The highest BCUT2D eigenvalue weighted by Crippen LogP contribution is 2.34. The van der Waals surface area contributed by atoms with Gasteiger partial charge in [0.1, 0.15) is 5.69 Å². The van der Waals surface area contributed by atoms with Crippen LogP contribution < -0.4 is 0 Å². The lowest BCUT2D eigenvalue weighted by Gasteiger charge is -2.34. The molecule has 1 amide bonds. The Kier molecular flexibility index (Phi) is 5.44. The summed E-state index contributed by atoms with van der Waals surface area (Å²) in [6.45, 7) is 2.30. The van der Waals surface area contributed by atoms with Crippen molar-refractivity contribution in [3.8, 4) is 0 Å². The molecule has 0 aromatic carbocycles. The van der Waals surface area contributed by atoms with E-state index in [9.17, 15) is 18.0 Å². The van der Waals surface area contributed by atoms with Crippen LogP contribution in [0.4, 0.5) is 13.2 Å². The zero-order valence-electron chi connectivity index (χ0n) is 16.6. The summed E-state index contributed by atoms with van der Waals surface area (Å²) in [6.07, 6.45) is 0.00777. The quantitative estimate of drug-likeness (QED) is 0.644. The first-order valence-electron chi connectivity index (χ1n) is 10.0. The summed E-state index contributed by atoms with van der Waals surface area (Å²) in [5.41, 5.74) is 0.760. The third kappa shape index (κ3) is 4.01. The van der Waals surface area contributed by atoms with Crippen molar-refractivity contribution in [3.05, 3.63) is 59.3 Å². The summed E-state index contributed by atoms with van der Waals surface area (Å²) in [7, 11) is 0. The predicted octanol–water partition coefficient (Wildman–Crippen LogP) is 4.00. The molecule has 0 radical (unpaired) electrons. The number of halogens is 3. The zero-order chi connectivity index (χ0) is 21.3. The van der Waals surface area contributed by atoms with Crippen molar-refractivity contribution in [2.45, 2.75) is 51.2 Å². The van der Waals surface area contributed by atoms with E-state index in [0.29, 0.717) is 36.5 Å². The van der Waals surface area contributed by atoms with Gasteiger partial charge in [0.15, 0.2) is 5.65 Å². The van der Waals surface area contributed by atoms with Gasteiger partial charge in [-0.2, -0.15) is 18.3 Å². The molecule has 6 nitrogen and oxygen atoms in total. The molecule has 4 rings (SSSR count). The number of pyridine rings is 1. The molecule has 0 N–H and O–H groups in total. The monoisotopic (exact) mass is 417 g/mol. The normalized spacial score (nSPS) is 17.5. The standard InChI is InChI=1S/C21H22F3N5O/c1-2-14-11-18(21(22,23)24)29-19(26-14)13-16(27-29)17-8-4-6-10-28(17)20(30)12-15-7-3-5-9-25-15/h3,5,7,9,11,13,17H,2,4,6,8,10,12H2,1H3/t17-/m1/s1. The minimum absolute atomic E-state index is 0.103. The van der Waals surface area contributed by atoms with Gasteiger partial charge in [0, 0.05) is 30.2 Å². The number of carbonyl (C=O) groups is 1. The molecule has 4 heterocycles. The van der Waals surface area contributed by atoms with Crippen LogP contribution in [0.1, 0.15) is 55.0 Å². The Balaban J connectivity index is 1.69. The second-order valence-corrected chi connectivity index (χ2v) is 7.42. The largest absolute Gasteiger partial charge is 0.433 e. The highest BCUT2D eigenvalue weighted by molar-refractivity contribution is 5.79. The van der Waals surface area contributed by atoms with Crippen LogP contribution in [-0.4, -0.2) is 36.9 Å². The minimum Gasteiger partial charge on any atom is -0.334 e. The average Bonchev–Trinajstić information content (AvgIpc) is 3.16. The molecule has 1 atom stereocenters. The molecular formula is C21H22F3N5O. The molecule has 1 fully saturated rings. The smallest absolute Gasteiger partial charge is 0.334 e. The molecule has 0 spiro atoms. The lowest BCUT2D eigenvalue weighted by Crippen LogP contribution is -2.39. The van der Waals surface area contributed by atoms with E-state index in [0.717, 1.165) is 23.4 Å². The number of piperidine rings is 1. The van der Waals surface area contributed by atoms with E-state index in [1.165, 1.54) is 0 Å². The molecule has 0 unspecified atom stereocenters. The second-order valence-electron chi connectivity index (χ2n) is 7.42. The van der Waals surface area contributed by atoms with Crippen LogP contribution in [0.15, 0.2) is 36.5 Å². The number of alkyl halides is 3. The van der Waals surface area contributed by atoms with E-state index in [1.807, 2.05) is 6.07 Å². The van der Waals surface area contributed by atoms with Gasteiger partial charge >= 0.3 is 6.18 Å². The van der Waals surface area contributed by atoms with E-state index in [2.05, 4.69) is 15.1 Å². The molecule has 9 heteroatoms. The molecule has 3 aromatic heterocycles. The fourth-order valence-electron chi connectivity index (χ4n) is 3.89. The number of amides is 1. The fraction of sp³-hybridized carbons (Fsp3) is 0.429. The van der Waals surface area contributed by atoms with Gasteiger partial charge in [0.2, 0.25) is 5.91 Å². The van der Waals surface area contributed by atoms with Gasteiger partial charge in [-0.3, -0.25) is 9.78 Å². The van der Waals surface area contributed by atoms with Crippen molar-refractivity contribution in [2.24, 2.45) is 0 Å². The molecular weight excluding hydrogens is 395 g/mol. The van der Waals surface area contributed by atoms with Crippen molar-refractivity contribution in [2.75, 3.05) is 6.54 Å². The molecule has 1 saturated heterocycles. The molecule has 3 aromatic rings. The first kappa shape index (κ1) is 20.3. The summed E-state index contributed by atoms with van der Waals surface area (Å²) in [5, 5.41) is 4.24. The number of aryl methyl sites for hydroxylation is 1. The van der Waals surface area contributed by atoms with Crippen LogP contribution in [-0.2, 0) is 23.8 Å². The molecule has 0 bridgehead atoms. The first-order chi connectivity index (χ1) is 14.4. The number of nitrogens with zero attached hydrogens (tertiary/aromatic N) is 5. The van der Waals surface area contributed by atoms with E-state index in [1.54, 1.807) is 36.2 Å². The Labute approximate surface area is 171 Å². The maximum absolute atomic E-state index is 13.6. The number of carbonyl (C=O) groups excluding carboxylic acids is 1. The fourth-order valence-corrected chi connectivity index (χ4v) is 3.89. The van der Waals surface area contributed by atoms with Gasteiger partial charge < -0.3 is 4.90 Å². The predicted molar refractivity (Wildman–Crippen MR) is 104 cm³/mol. The van der Waals surface area contributed by atoms with Crippen molar-refractivity contribution in [1.29, 1.82) is 0 Å². The van der Waals surface area contributed by atoms with Crippen LogP contribution in [0.5, 0.6) is 0 Å². The van der Waals surface area contributed by atoms with E-state index in [-0.39, 0.29) is 24.0 Å². The molecule has 1 aliphatic rings. The van der Waals surface area contributed by atoms with Gasteiger partial charge in [-0.15, -0.1) is 0 Å². The number of hydrogen-bond donors (Lipinski definition) is 0. The van der Waals surface area contributed by atoms with Gasteiger partial charge in [0.25, 0.3) is 0 Å². The maximum atomic E-state index is 13.6. The number of hydrogen-bond acceptors (Lipinski definition) is 4. The average molecular weight is 417 g/mol. The topological polar surface area (TPSA) is 63.4 Å². The molecule has 30 heavy (non-hydrogen) atoms. The first-order valence-corrected chi connectivity index (χ1v) is 10.0. The highest BCUT2D eigenvalue weighted by atomic mass is 19.4. The highest BCUT2D eigenvalue weighted by Gasteiger charge is 2.36. The van der Waals surface area contributed by atoms with Gasteiger partial charge in [-0.25, -0.2) is 9.50 Å². The Morgan fingerprint density at radius 3 is 2.73 bits per heavy atom. The SMILES string of the molecule is CCc1cc(C(F)(F)F)n2nc([C@H]3CCCCN3C(=O)Cc3ccccn3)cc2n1. The Morgan fingerprint density at radius 2 is 2.03 bits per heavy atom. The summed E-state index contributed by atoms with van der Waals surface area (Å²) in [6, 6.07) is 7.63. The molecule has 0 aliphatic carbocycles. The number of aromatic nitrogens is 4. The second kappa shape index (κ2) is 8.04. The molecule has 158 valence electrons. The lowest BCUT2D eigenvalue weighted by molar-refractivity contribution is -0.143. The third-order valence-corrected chi connectivity index (χ3v) is 5.37. The van der Waals surface area contributed by atoms with Crippen molar-refractivity contribution in [1.82, 2.24) is 24.5 Å². The Hall–Kier alpha value is -2.97. The Bertz CT molecular complexity index is 1050. The van der Waals surface area contributed by atoms with Crippen LogP contribution in [0.2, 0.25) is 0 Å². The molecule has 1 aliphatic heterocycles. The van der Waals surface area contributed by atoms with Crippen LogP contribution >= 0.6 is 0 Å². The minimum atomic E-state index is -4.55. The van der Waals surface area contributed by atoms with E-state index in [4.69, 9.17) is 0 Å². The van der Waals surface area contributed by atoms with Gasteiger partial charge in [-0.05, 0) is 43.9 Å². The van der Waals surface area contributed by atoms with Crippen molar-refractivity contribution in [3.63, 3.8) is 0 Å². The summed E-state index contributed by atoms with van der Waals surface area (Å²) in [5.74, 6) is -0.103. The number of likely N-dealkylation sites (tertiary alicyclic amines) is 1. The van der Waals surface area contributed by atoms with Gasteiger partial charge in [-0.1, -0.05) is 13.0 Å². The van der Waals surface area contributed by atoms with Crippen molar-refractivity contribution < 1.29 is 18.0 Å². The number of rotatable bonds is 4. The third-order valence-electron chi connectivity index (χ3n) is 5.37. The van der Waals surface area contributed by atoms with Crippen molar-refractivity contribution >= 4 is 11.6 Å². The van der Waals surface area contributed by atoms with E-state index < -0.39 is 11.9 Å². The maximum Gasteiger partial charge on any atom is 0.433 e. The van der Waals surface area contributed by atoms with E-state index >= 15 is 0 Å².